The lowest BCUT2D eigenvalue weighted by Gasteiger charge is -2.25. The van der Waals surface area contributed by atoms with Crippen molar-refractivity contribution in [1.29, 1.82) is 0 Å². The maximum absolute atomic E-state index is 11.3. The average molecular weight is 188 g/mol. The van der Waals surface area contributed by atoms with Gasteiger partial charge in [0.15, 0.2) is 0 Å². The highest BCUT2D eigenvalue weighted by Crippen LogP contribution is 2.22. The smallest absolute Gasteiger partial charge is 0.269 e. The number of aromatic amines is 2. The van der Waals surface area contributed by atoms with Crippen LogP contribution in [0.3, 0.4) is 0 Å². The highest BCUT2D eigenvalue weighted by molar-refractivity contribution is 5.75. The van der Waals surface area contributed by atoms with Crippen LogP contribution in [0.2, 0.25) is 0 Å². The first kappa shape index (κ1) is 7.37. The number of fused-ring (bicyclic) bond motifs is 2. The Kier molecular flexibility index (Phi) is 1.30. The predicted octanol–water partition coefficient (Wildman–Crippen LogP) is 0.415. The van der Waals surface area contributed by atoms with Crippen molar-refractivity contribution in [1.82, 2.24) is 15.1 Å². The van der Waals surface area contributed by atoms with Crippen molar-refractivity contribution in [3.8, 4) is 0 Å². The third-order valence-electron chi connectivity index (χ3n) is 2.36. The standard InChI is InChI=1S/C9H8N4O/c14-9-6-5-13-3-1-2-10-8(13)4-7(6)11-12-9/h1-4H,5H2,(H2,11,12,14). The molecule has 2 N–H and O–H groups in total. The Bertz CT molecular complexity index is 517. The Morgan fingerprint density at radius 2 is 2.36 bits per heavy atom. The van der Waals surface area contributed by atoms with E-state index in [2.05, 4.69) is 15.2 Å². The first-order chi connectivity index (χ1) is 6.84. The van der Waals surface area contributed by atoms with Crippen LogP contribution in [0.4, 0.5) is 0 Å². The SMILES string of the molecule is O=c1[nH][nH]c2c1CN1C=CC=NC1=C2. The molecule has 0 unspecified atom stereocenters. The van der Waals surface area contributed by atoms with E-state index < -0.39 is 0 Å². The molecule has 1 aromatic rings. The lowest BCUT2D eigenvalue weighted by Crippen LogP contribution is -2.24. The second-order valence-electron chi connectivity index (χ2n) is 3.22. The number of aliphatic imine (C=N–C) groups is 1. The summed E-state index contributed by atoms with van der Waals surface area (Å²) >= 11 is 0. The molecule has 2 aliphatic heterocycles. The fourth-order valence-corrected chi connectivity index (χ4v) is 1.64. The molecular weight excluding hydrogens is 180 g/mol. The van der Waals surface area contributed by atoms with Crippen LogP contribution in [-0.4, -0.2) is 21.3 Å². The number of aromatic nitrogens is 2. The van der Waals surface area contributed by atoms with E-state index in [0.717, 1.165) is 17.1 Å². The van der Waals surface area contributed by atoms with Crippen LogP contribution in [-0.2, 0) is 6.54 Å². The van der Waals surface area contributed by atoms with Crippen molar-refractivity contribution in [3.05, 3.63) is 39.7 Å². The minimum atomic E-state index is -0.0572. The van der Waals surface area contributed by atoms with Crippen molar-refractivity contribution in [3.63, 3.8) is 0 Å². The highest BCUT2D eigenvalue weighted by atomic mass is 16.1. The molecule has 5 heteroatoms. The number of hydrogen-bond donors (Lipinski definition) is 2. The molecular formula is C9H8N4O. The molecule has 3 heterocycles. The third kappa shape index (κ3) is 0.891. The second kappa shape index (κ2) is 2.47. The molecule has 1 aromatic heterocycles. The van der Waals surface area contributed by atoms with Gasteiger partial charge in [-0.15, -0.1) is 0 Å². The van der Waals surface area contributed by atoms with Crippen LogP contribution >= 0.6 is 0 Å². The molecule has 14 heavy (non-hydrogen) atoms. The predicted molar refractivity (Wildman–Crippen MR) is 52.6 cm³/mol. The van der Waals surface area contributed by atoms with Gasteiger partial charge < -0.3 is 4.90 Å². The van der Waals surface area contributed by atoms with Crippen LogP contribution < -0.4 is 5.56 Å². The van der Waals surface area contributed by atoms with E-state index in [-0.39, 0.29) is 5.56 Å². The fraction of sp³-hybridized carbons (Fsp3) is 0.111. The zero-order valence-corrected chi connectivity index (χ0v) is 7.32. The Morgan fingerprint density at radius 1 is 1.43 bits per heavy atom. The Balaban J connectivity index is 2.19. The molecule has 0 aromatic carbocycles. The van der Waals surface area contributed by atoms with Crippen molar-refractivity contribution in [2.24, 2.45) is 4.99 Å². The van der Waals surface area contributed by atoms with Gasteiger partial charge in [0.05, 0.1) is 17.8 Å². The van der Waals surface area contributed by atoms with Gasteiger partial charge in [0.25, 0.3) is 5.56 Å². The van der Waals surface area contributed by atoms with E-state index in [9.17, 15) is 4.79 Å². The summed E-state index contributed by atoms with van der Waals surface area (Å²) < 4.78 is 0. The first-order valence-corrected chi connectivity index (χ1v) is 4.33. The topological polar surface area (TPSA) is 64.2 Å². The quantitative estimate of drug-likeness (QED) is 0.619. The van der Waals surface area contributed by atoms with E-state index in [4.69, 9.17) is 0 Å². The number of hydrogen-bond acceptors (Lipinski definition) is 3. The maximum Gasteiger partial charge on any atom is 0.269 e. The molecule has 0 spiro atoms. The lowest BCUT2D eigenvalue weighted by molar-refractivity contribution is 0.447. The van der Waals surface area contributed by atoms with Crippen LogP contribution in [0, 0.1) is 0 Å². The molecule has 0 saturated heterocycles. The summed E-state index contributed by atoms with van der Waals surface area (Å²) in [5, 5.41) is 5.38. The molecule has 5 nitrogen and oxygen atoms in total. The summed E-state index contributed by atoms with van der Waals surface area (Å²) in [5.74, 6) is 0.857. The summed E-state index contributed by atoms with van der Waals surface area (Å²) in [6, 6.07) is 0. The largest absolute Gasteiger partial charge is 0.328 e. The van der Waals surface area contributed by atoms with E-state index in [1.807, 2.05) is 23.3 Å². The summed E-state index contributed by atoms with van der Waals surface area (Å²) in [4.78, 5) is 17.5. The van der Waals surface area contributed by atoms with Gasteiger partial charge in [0, 0.05) is 18.5 Å². The van der Waals surface area contributed by atoms with Gasteiger partial charge in [0.2, 0.25) is 0 Å². The second-order valence-corrected chi connectivity index (χ2v) is 3.22. The zero-order chi connectivity index (χ0) is 9.54. The van der Waals surface area contributed by atoms with Crippen molar-refractivity contribution in [2.75, 3.05) is 0 Å². The van der Waals surface area contributed by atoms with Gasteiger partial charge >= 0.3 is 0 Å². The van der Waals surface area contributed by atoms with Crippen LogP contribution in [0.15, 0.2) is 27.9 Å². The van der Waals surface area contributed by atoms with Crippen molar-refractivity contribution >= 4 is 12.3 Å². The Morgan fingerprint density at radius 3 is 3.29 bits per heavy atom. The number of nitrogens with one attached hydrogen (secondary N) is 2. The number of rotatable bonds is 0. The molecule has 0 fully saturated rings. The van der Waals surface area contributed by atoms with Crippen molar-refractivity contribution in [2.45, 2.75) is 6.54 Å². The molecule has 70 valence electrons. The molecule has 0 bridgehead atoms. The summed E-state index contributed by atoms with van der Waals surface area (Å²) in [6.45, 7) is 0.577. The lowest BCUT2D eigenvalue weighted by atomic mass is 10.1. The van der Waals surface area contributed by atoms with Gasteiger partial charge in [-0.05, 0) is 6.08 Å². The fourth-order valence-electron chi connectivity index (χ4n) is 1.64. The summed E-state index contributed by atoms with van der Waals surface area (Å²) in [5.41, 5.74) is 1.53. The molecule has 0 aliphatic carbocycles. The summed E-state index contributed by atoms with van der Waals surface area (Å²) in [7, 11) is 0. The monoisotopic (exact) mass is 188 g/mol. The third-order valence-corrected chi connectivity index (χ3v) is 2.36. The van der Waals surface area contributed by atoms with Crippen LogP contribution in [0.5, 0.6) is 0 Å². The number of allylic oxidation sites excluding steroid dienone is 1. The van der Waals surface area contributed by atoms with E-state index in [1.54, 1.807) is 6.21 Å². The van der Waals surface area contributed by atoms with E-state index in [1.165, 1.54) is 0 Å². The molecule has 0 radical (unpaired) electrons. The normalized spacial score (nSPS) is 17.7. The number of H-pyrrole nitrogens is 2. The minimum absolute atomic E-state index is 0.0572. The van der Waals surface area contributed by atoms with Crippen molar-refractivity contribution < 1.29 is 0 Å². The molecule has 0 saturated carbocycles. The maximum atomic E-state index is 11.3. The van der Waals surface area contributed by atoms with Gasteiger partial charge in [-0.3, -0.25) is 15.0 Å². The van der Waals surface area contributed by atoms with E-state index in [0.29, 0.717) is 6.54 Å². The highest BCUT2D eigenvalue weighted by Gasteiger charge is 2.20. The Hall–Kier alpha value is -2.04. The van der Waals surface area contributed by atoms with E-state index >= 15 is 0 Å². The van der Waals surface area contributed by atoms with Crippen LogP contribution in [0.1, 0.15) is 11.3 Å². The van der Waals surface area contributed by atoms with Gasteiger partial charge in [-0.2, -0.15) is 0 Å². The first-order valence-electron chi connectivity index (χ1n) is 4.33. The molecule has 0 atom stereocenters. The number of nitrogens with zero attached hydrogens (tertiary/aromatic N) is 2. The molecule has 3 rings (SSSR count). The minimum Gasteiger partial charge on any atom is -0.328 e. The Labute approximate surface area is 79.4 Å². The average Bonchev–Trinajstić information content (AvgIpc) is 2.57. The van der Waals surface area contributed by atoms with Crippen LogP contribution in [0.25, 0.3) is 6.08 Å². The van der Waals surface area contributed by atoms with Gasteiger partial charge in [-0.1, -0.05) is 0 Å². The summed E-state index contributed by atoms with van der Waals surface area (Å²) in [6.07, 6.45) is 7.35. The van der Waals surface area contributed by atoms with Gasteiger partial charge in [-0.25, -0.2) is 4.99 Å². The molecule has 2 aliphatic rings. The van der Waals surface area contributed by atoms with Gasteiger partial charge in [0.1, 0.15) is 5.82 Å². The molecule has 0 amide bonds. The zero-order valence-electron chi connectivity index (χ0n) is 7.32.